The van der Waals surface area contributed by atoms with Crippen LogP contribution < -0.4 is 0 Å². The molecule has 1 heterocycles. The Morgan fingerprint density at radius 3 is 2.87 bits per heavy atom. The smallest absolute Gasteiger partial charge is 0.310 e. The fraction of sp³-hybridized carbons (Fsp3) is 0.917. The van der Waals surface area contributed by atoms with Crippen molar-refractivity contribution >= 4 is 5.97 Å². The Morgan fingerprint density at radius 2 is 2.20 bits per heavy atom. The van der Waals surface area contributed by atoms with Crippen molar-refractivity contribution in [1.29, 1.82) is 0 Å². The van der Waals surface area contributed by atoms with Gasteiger partial charge in [-0.3, -0.25) is 4.79 Å². The minimum Gasteiger partial charge on any atom is -0.469 e. The van der Waals surface area contributed by atoms with Crippen molar-refractivity contribution in [3.8, 4) is 0 Å². The molecule has 0 bridgehead atoms. The highest BCUT2D eigenvalue weighted by Crippen LogP contribution is 2.17. The van der Waals surface area contributed by atoms with E-state index in [0.717, 1.165) is 26.1 Å². The Kier molecular flexibility index (Phi) is 5.69. The van der Waals surface area contributed by atoms with Gasteiger partial charge >= 0.3 is 5.97 Å². The van der Waals surface area contributed by atoms with E-state index in [1.807, 2.05) is 0 Å². The molecule has 0 aliphatic carbocycles. The van der Waals surface area contributed by atoms with Gasteiger partial charge in [-0.25, -0.2) is 0 Å². The van der Waals surface area contributed by atoms with Crippen LogP contribution in [-0.2, 0) is 9.53 Å². The van der Waals surface area contributed by atoms with Crippen molar-refractivity contribution in [3.63, 3.8) is 0 Å². The summed E-state index contributed by atoms with van der Waals surface area (Å²) in [4.78, 5) is 13.7. The minimum absolute atomic E-state index is 0.0361. The number of rotatable bonds is 6. The SMILES string of the molecule is CCCCCCN1CCC(C(=O)OC)C1. The lowest BCUT2D eigenvalue weighted by Crippen LogP contribution is -2.24. The monoisotopic (exact) mass is 213 g/mol. The Morgan fingerprint density at radius 1 is 1.40 bits per heavy atom. The summed E-state index contributed by atoms with van der Waals surface area (Å²) < 4.78 is 4.76. The Balaban J connectivity index is 2.11. The highest BCUT2D eigenvalue weighted by molar-refractivity contribution is 5.72. The average Bonchev–Trinajstić information content (AvgIpc) is 2.72. The highest BCUT2D eigenvalue weighted by Gasteiger charge is 2.28. The van der Waals surface area contributed by atoms with Gasteiger partial charge < -0.3 is 9.64 Å². The molecule has 1 aliphatic heterocycles. The van der Waals surface area contributed by atoms with E-state index in [-0.39, 0.29) is 11.9 Å². The van der Waals surface area contributed by atoms with Crippen molar-refractivity contribution in [2.24, 2.45) is 5.92 Å². The second-order valence-electron chi connectivity index (χ2n) is 4.37. The third-order valence-electron chi connectivity index (χ3n) is 3.13. The number of likely N-dealkylation sites (tertiary alicyclic amines) is 1. The summed E-state index contributed by atoms with van der Waals surface area (Å²) in [7, 11) is 1.48. The average molecular weight is 213 g/mol. The maximum atomic E-state index is 11.3. The lowest BCUT2D eigenvalue weighted by molar-refractivity contribution is -0.144. The van der Waals surface area contributed by atoms with E-state index in [9.17, 15) is 4.79 Å². The van der Waals surface area contributed by atoms with Gasteiger partial charge in [-0.1, -0.05) is 26.2 Å². The summed E-state index contributed by atoms with van der Waals surface area (Å²) in [5.74, 6) is 0.0900. The van der Waals surface area contributed by atoms with Crippen LogP contribution in [0.5, 0.6) is 0 Å². The minimum atomic E-state index is -0.0361. The molecule has 15 heavy (non-hydrogen) atoms. The summed E-state index contributed by atoms with van der Waals surface area (Å²) in [5.41, 5.74) is 0. The zero-order chi connectivity index (χ0) is 11.1. The van der Waals surface area contributed by atoms with Crippen molar-refractivity contribution in [1.82, 2.24) is 4.90 Å². The normalized spacial score (nSPS) is 21.9. The van der Waals surface area contributed by atoms with E-state index in [1.54, 1.807) is 0 Å². The molecule has 1 aliphatic rings. The van der Waals surface area contributed by atoms with Gasteiger partial charge in [0, 0.05) is 6.54 Å². The first-order valence-electron chi connectivity index (χ1n) is 6.08. The van der Waals surface area contributed by atoms with E-state index < -0.39 is 0 Å². The largest absolute Gasteiger partial charge is 0.469 e. The predicted molar refractivity (Wildman–Crippen MR) is 60.7 cm³/mol. The predicted octanol–water partition coefficient (Wildman–Crippen LogP) is 2.06. The molecule has 1 unspecified atom stereocenters. The van der Waals surface area contributed by atoms with Crippen molar-refractivity contribution in [2.45, 2.75) is 39.0 Å². The Labute approximate surface area is 92.8 Å². The quantitative estimate of drug-likeness (QED) is 0.499. The van der Waals surface area contributed by atoms with Gasteiger partial charge in [0.1, 0.15) is 0 Å². The van der Waals surface area contributed by atoms with Gasteiger partial charge in [0.2, 0.25) is 0 Å². The van der Waals surface area contributed by atoms with E-state index in [2.05, 4.69) is 11.8 Å². The van der Waals surface area contributed by atoms with Crippen molar-refractivity contribution in [2.75, 3.05) is 26.7 Å². The molecular formula is C12H23NO2. The third-order valence-corrected chi connectivity index (χ3v) is 3.13. The number of carbonyl (C=O) groups excluding carboxylic acids is 1. The summed E-state index contributed by atoms with van der Waals surface area (Å²) >= 11 is 0. The molecule has 0 amide bonds. The first-order chi connectivity index (χ1) is 7.27. The molecule has 1 fully saturated rings. The lowest BCUT2D eigenvalue weighted by atomic mass is 10.1. The van der Waals surface area contributed by atoms with Crippen molar-refractivity contribution in [3.05, 3.63) is 0 Å². The van der Waals surface area contributed by atoms with Gasteiger partial charge in [0.15, 0.2) is 0 Å². The summed E-state index contributed by atoms with van der Waals surface area (Å²) in [6.07, 6.45) is 6.16. The molecule has 0 spiro atoms. The van der Waals surface area contributed by atoms with Gasteiger partial charge in [0.05, 0.1) is 13.0 Å². The summed E-state index contributed by atoms with van der Waals surface area (Å²) in [6, 6.07) is 0. The number of ether oxygens (including phenoxy) is 1. The van der Waals surface area contributed by atoms with Crippen LogP contribution in [0.25, 0.3) is 0 Å². The van der Waals surface area contributed by atoms with Crippen LogP contribution in [0.3, 0.4) is 0 Å². The number of carbonyl (C=O) groups is 1. The molecule has 3 nitrogen and oxygen atoms in total. The van der Waals surface area contributed by atoms with E-state index in [1.165, 1.54) is 32.8 Å². The lowest BCUT2D eigenvalue weighted by Gasteiger charge is -2.14. The Bertz CT molecular complexity index is 194. The Hall–Kier alpha value is -0.570. The molecule has 1 rings (SSSR count). The van der Waals surface area contributed by atoms with Gasteiger partial charge in [-0.15, -0.1) is 0 Å². The fourth-order valence-corrected chi connectivity index (χ4v) is 2.16. The van der Waals surface area contributed by atoms with Crippen molar-refractivity contribution < 1.29 is 9.53 Å². The zero-order valence-electron chi connectivity index (χ0n) is 10.00. The molecule has 0 saturated carbocycles. The molecule has 0 radical (unpaired) electrons. The topological polar surface area (TPSA) is 29.5 Å². The highest BCUT2D eigenvalue weighted by atomic mass is 16.5. The number of esters is 1. The fourth-order valence-electron chi connectivity index (χ4n) is 2.16. The molecule has 0 N–H and O–H groups in total. The van der Waals surface area contributed by atoms with Crippen LogP contribution in [0.15, 0.2) is 0 Å². The number of nitrogens with zero attached hydrogens (tertiary/aromatic N) is 1. The number of hydrogen-bond donors (Lipinski definition) is 0. The van der Waals surface area contributed by atoms with Gasteiger partial charge in [-0.2, -0.15) is 0 Å². The van der Waals surface area contributed by atoms with Crippen LogP contribution in [0, 0.1) is 5.92 Å². The van der Waals surface area contributed by atoms with E-state index in [4.69, 9.17) is 4.74 Å². The second-order valence-corrected chi connectivity index (χ2v) is 4.37. The molecular weight excluding hydrogens is 190 g/mol. The number of methoxy groups -OCH3 is 1. The molecule has 0 aromatic carbocycles. The second kappa shape index (κ2) is 6.83. The first-order valence-corrected chi connectivity index (χ1v) is 6.08. The zero-order valence-corrected chi connectivity index (χ0v) is 10.00. The van der Waals surface area contributed by atoms with Gasteiger partial charge in [0.25, 0.3) is 0 Å². The number of hydrogen-bond acceptors (Lipinski definition) is 3. The van der Waals surface area contributed by atoms with Gasteiger partial charge in [-0.05, 0) is 25.9 Å². The summed E-state index contributed by atoms with van der Waals surface area (Å²) in [5, 5.41) is 0. The number of unbranched alkanes of at least 4 members (excludes halogenated alkanes) is 3. The molecule has 3 heteroatoms. The maximum absolute atomic E-state index is 11.3. The van der Waals surface area contributed by atoms with E-state index in [0.29, 0.717) is 0 Å². The first kappa shape index (κ1) is 12.5. The molecule has 0 aromatic heterocycles. The summed E-state index contributed by atoms with van der Waals surface area (Å²) in [6.45, 7) is 5.33. The van der Waals surface area contributed by atoms with Crippen LogP contribution in [0.4, 0.5) is 0 Å². The van der Waals surface area contributed by atoms with Crippen LogP contribution in [0.1, 0.15) is 39.0 Å². The van der Waals surface area contributed by atoms with Crippen LogP contribution in [-0.4, -0.2) is 37.6 Å². The van der Waals surface area contributed by atoms with Crippen LogP contribution in [0.2, 0.25) is 0 Å². The standard InChI is InChI=1S/C12H23NO2/c1-3-4-5-6-8-13-9-7-11(10-13)12(14)15-2/h11H,3-10H2,1-2H3. The third kappa shape index (κ3) is 4.20. The van der Waals surface area contributed by atoms with Crippen LogP contribution >= 0.6 is 0 Å². The maximum Gasteiger partial charge on any atom is 0.310 e. The van der Waals surface area contributed by atoms with E-state index >= 15 is 0 Å². The molecule has 1 saturated heterocycles. The molecule has 1 atom stereocenters. The molecule has 0 aromatic rings. The molecule has 88 valence electrons.